The molecule has 0 aliphatic heterocycles. The summed E-state index contributed by atoms with van der Waals surface area (Å²) in [7, 11) is 0.150. The second-order valence-corrected chi connectivity index (χ2v) is 1.63. The smallest absolute Gasteiger partial charge is 0.410 e. The minimum atomic E-state index is -4.14. The first kappa shape index (κ1) is 6.97. The van der Waals surface area contributed by atoms with Crippen LogP contribution in [0.5, 0.6) is 0 Å². The van der Waals surface area contributed by atoms with Crippen LogP contribution in [-0.4, -0.2) is 23.3 Å². The molecule has 0 fully saturated rings. The van der Waals surface area contributed by atoms with Gasteiger partial charge >= 0.3 is 6.18 Å². The molecule has 0 rings (SSSR count). The van der Waals surface area contributed by atoms with Crippen LogP contribution in [0.1, 0.15) is 0 Å². The van der Waals surface area contributed by atoms with Gasteiger partial charge in [-0.1, -0.05) is 0 Å². The molecule has 0 unspecified atom stereocenters. The summed E-state index contributed by atoms with van der Waals surface area (Å²) >= 11 is 0. The SMILES string of the molecule is FC(F)(F)CO[SiH3]. The van der Waals surface area contributed by atoms with Crippen LogP contribution in [0.25, 0.3) is 0 Å². The minimum Gasteiger partial charge on any atom is -0.419 e. The van der Waals surface area contributed by atoms with E-state index in [1.807, 2.05) is 0 Å². The summed E-state index contributed by atoms with van der Waals surface area (Å²) in [4.78, 5) is 0. The standard InChI is InChI=1S/C2H5F3OSi/c3-2(4,5)1-6-7/h1H2,7H3. The van der Waals surface area contributed by atoms with Crippen LogP contribution >= 0.6 is 0 Å². The molecule has 0 aromatic heterocycles. The molecule has 0 aliphatic rings. The summed E-state index contributed by atoms with van der Waals surface area (Å²) < 4.78 is 36.8. The maximum Gasteiger partial charge on any atom is 0.410 e. The Hall–Kier alpha value is -0.0331. The molecule has 1 nitrogen and oxygen atoms in total. The van der Waals surface area contributed by atoms with E-state index in [0.717, 1.165) is 0 Å². The third-order valence-corrected chi connectivity index (χ3v) is 0.597. The van der Waals surface area contributed by atoms with E-state index in [1.165, 1.54) is 0 Å². The predicted octanol–water partition coefficient (Wildman–Crippen LogP) is -0.154. The number of alkyl halides is 3. The summed E-state index contributed by atoms with van der Waals surface area (Å²) in [6.07, 6.45) is -4.14. The average molecular weight is 130 g/mol. The van der Waals surface area contributed by atoms with E-state index >= 15 is 0 Å². The van der Waals surface area contributed by atoms with Gasteiger partial charge in [0.2, 0.25) is 0 Å². The van der Waals surface area contributed by atoms with E-state index < -0.39 is 12.8 Å². The van der Waals surface area contributed by atoms with Crippen molar-refractivity contribution in [2.45, 2.75) is 6.18 Å². The molecule has 0 heterocycles. The van der Waals surface area contributed by atoms with Crippen molar-refractivity contribution in [3.63, 3.8) is 0 Å². The Morgan fingerprint density at radius 2 is 1.86 bits per heavy atom. The molecule has 0 atom stereocenters. The van der Waals surface area contributed by atoms with Crippen LogP contribution < -0.4 is 0 Å². The Bertz CT molecular complexity index is 51.4. The second-order valence-electron chi connectivity index (χ2n) is 1.05. The first-order valence-electron chi connectivity index (χ1n) is 1.62. The summed E-state index contributed by atoms with van der Waals surface area (Å²) in [5, 5.41) is 0. The normalized spacial score (nSPS) is 12.4. The molecular formula is C2H5F3OSi. The second kappa shape index (κ2) is 2.32. The Balaban J connectivity index is 3.15. The number of hydrogen-bond acceptors (Lipinski definition) is 1. The van der Waals surface area contributed by atoms with Crippen molar-refractivity contribution in [2.75, 3.05) is 6.61 Å². The molecule has 0 aliphatic carbocycles. The average Bonchev–Trinajstić information content (AvgIpc) is 1.30. The lowest BCUT2D eigenvalue weighted by Crippen LogP contribution is -2.15. The van der Waals surface area contributed by atoms with Gasteiger partial charge < -0.3 is 4.43 Å². The molecule has 0 radical (unpaired) electrons. The van der Waals surface area contributed by atoms with Crippen LogP contribution in [0.2, 0.25) is 0 Å². The van der Waals surface area contributed by atoms with Gasteiger partial charge in [-0.2, -0.15) is 13.2 Å². The molecule has 7 heavy (non-hydrogen) atoms. The van der Waals surface area contributed by atoms with E-state index in [-0.39, 0.29) is 10.5 Å². The monoisotopic (exact) mass is 130 g/mol. The summed E-state index contributed by atoms with van der Waals surface area (Å²) in [6.45, 7) is -1.10. The molecule has 0 bridgehead atoms. The van der Waals surface area contributed by atoms with E-state index in [2.05, 4.69) is 4.43 Å². The lowest BCUT2D eigenvalue weighted by Gasteiger charge is -2.01. The van der Waals surface area contributed by atoms with Gasteiger partial charge in [0, 0.05) is 0 Å². The summed E-state index contributed by atoms with van der Waals surface area (Å²) in [5.41, 5.74) is 0. The molecule has 0 amide bonds. The van der Waals surface area contributed by atoms with Gasteiger partial charge in [-0.3, -0.25) is 0 Å². The Morgan fingerprint density at radius 1 is 1.43 bits per heavy atom. The van der Waals surface area contributed by atoms with Crippen molar-refractivity contribution in [1.29, 1.82) is 0 Å². The van der Waals surface area contributed by atoms with Crippen molar-refractivity contribution in [3.8, 4) is 0 Å². The molecule has 0 saturated carbocycles. The van der Waals surface area contributed by atoms with Crippen molar-refractivity contribution < 1.29 is 17.6 Å². The fourth-order valence-electron chi connectivity index (χ4n) is 0.164. The van der Waals surface area contributed by atoms with Gasteiger partial charge in [0.05, 0.1) is 0 Å². The Kier molecular flexibility index (Phi) is 2.31. The lowest BCUT2D eigenvalue weighted by molar-refractivity contribution is -0.152. The number of hydrogen-bond donors (Lipinski definition) is 0. The molecule has 0 spiro atoms. The molecule has 44 valence electrons. The Morgan fingerprint density at radius 3 is 1.86 bits per heavy atom. The largest absolute Gasteiger partial charge is 0.419 e. The first-order valence-corrected chi connectivity index (χ1v) is 2.43. The van der Waals surface area contributed by atoms with Gasteiger partial charge in [-0.15, -0.1) is 0 Å². The van der Waals surface area contributed by atoms with Gasteiger partial charge in [-0.25, -0.2) is 0 Å². The summed E-state index contributed by atoms with van der Waals surface area (Å²) in [6, 6.07) is 0. The van der Waals surface area contributed by atoms with Crippen LogP contribution in [0, 0.1) is 0 Å². The molecule has 0 saturated heterocycles. The third-order valence-electron chi connectivity index (χ3n) is 0.308. The van der Waals surface area contributed by atoms with Gasteiger partial charge in [0.15, 0.2) is 0 Å². The predicted molar refractivity (Wildman–Crippen MR) is 21.9 cm³/mol. The highest BCUT2D eigenvalue weighted by Gasteiger charge is 2.25. The molecule has 0 N–H and O–H groups in total. The van der Waals surface area contributed by atoms with Crippen molar-refractivity contribution in [1.82, 2.24) is 0 Å². The highest BCUT2D eigenvalue weighted by Crippen LogP contribution is 2.13. The third kappa shape index (κ3) is 5.97. The summed E-state index contributed by atoms with van der Waals surface area (Å²) in [5.74, 6) is 0. The van der Waals surface area contributed by atoms with Crippen LogP contribution in [0.15, 0.2) is 0 Å². The highest BCUT2D eigenvalue weighted by atomic mass is 28.2. The zero-order valence-electron chi connectivity index (χ0n) is 3.75. The highest BCUT2D eigenvalue weighted by molar-refractivity contribution is 5.97. The van der Waals surface area contributed by atoms with Crippen LogP contribution in [-0.2, 0) is 4.43 Å². The minimum absolute atomic E-state index is 0.150. The molecule has 5 heteroatoms. The van der Waals surface area contributed by atoms with Gasteiger partial charge in [0.25, 0.3) is 0 Å². The zero-order chi connectivity index (χ0) is 5.91. The van der Waals surface area contributed by atoms with Gasteiger partial charge in [0.1, 0.15) is 17.1 Å². The zero-order valence-corrected chi connectivity index (χ0v) is 5.75. The quantitative estimate of drug-likeness (QED) is 0.448. The van der Waals surface area contributed by atoms with Crippen LogP contribution in [0.3, 0.4) is 0 Å². The maximum atomic E-state index is 11.0. The first-order chi connectivity index (χ1) is 3.06. The van der Waals surface area contributed by atoms with Crippen molar-refractivity contribution in [2.24, 2.45) is 0 Å². The van der Waals surface area contributed by atoms with Gasteiger partial charge in [-0.05, 0) is 0 Å². The molecule has 0 aromatic rings. The maximum absolute atomic E-state index is 11.0. The van der Waals surface area contributed by atoms with E-state index in [1.54, 1.807) is 0 Å². The molecular weight excluding hydrogens is 125 g/mol. The van der Waals surface area contributed by atoms with E-state index in [9.17, 15) is 13.2 Å². The van der Waals surface area contributed by atoms with E-state index in [0.29, 0.717) is 0 Å². The van der Waals surface area contributed by atoms with Crippen LogP contribution in [0.4, 0.5) is 13.2 Å². The Labute approximate surface area is 42.0 Å². The molecule has 0 aromatic carbocycles. The number of halogens is 3. The van der Waals surface area contributed by atoms with Crippen molar-refractivity contribution >= 4 is 10.5 Å². The lowest BCUT2D eigenvalue weighted by atomic mass is 10.7. The van der Waals surface area contributed by atoms with E-state index in [4.69, 9.17) is 0 Å². The fourth-order valence-corrected chi connectivity index (χ4v) is 0.491. The van der Waals surface area contributed by atoms with Crippen molar-refractivity contribution in [3.05, 3.63) is 0 Å². The topological polar surface area (TPSA) is 9.23 Å². The number of rotatable bonds is 1. The fraction of sp³-hybridized carbons (Fsp3) is 1.00.